The van der Waals surface area contributed by atoms with E-state index in [2.05, 4.69) is 17.0 Å². The van der Waals surface area contributed by atoms with Gasteiger partial charge in [-0.15, -0.1) is 29.3 Å². The zero-order valence-corrected chi connectivity index (χ0v) is 22.2. The summed E-state index contributed by atoms with van der Waals surface area (Å²) < 4.78 is 3.40. The number of thiophene rings is 2. The highest BCUT2D eigenvalue weighted by atomic mass is 32.2. The van der Waals surface area contributed by atoms with Crippen LogP contribution < -0.4 is 10.9 Å². The van der Waals surface area contributed by atoms with Crippen LogP contribution in [0, 0.1) is 13.8 Å². The molecular formula is C26H23N5O2S3. The van der Waals surface area contributed by atoms with Gasteiger partial charge in [0.25, 0.3) is 5.56 Å². The van der Waals surface area contributed by atoms with Crippen molar-refractivity contribution in [2.75, 3.05) is 11.1 Å². The predicted octanol–water partition coefficient (Wildman–Crippen LogP) is 5.91. The zero-order chi connectivity index (χ0) is 25.2. The van der Waals surface area contributed by atoms with Gasteiger partial charge in [-0.3, -0.25) is 14.2 Å². The molecule has 5 aromatic rings. The fourth-order valence-corrected chi connectivity index (χ4v) is 6.58. The second kappa shape index (κ2) is 10.3. The maximum atomic E-state index is 13.4. The second-order valence-electron chi connectivity index (χ2n) is 8.04. The topological polar surface area (TPSA) is 81.8 Å². The molecule has 0 bridgehead atoms. The summed E-state index contributed by atoms with van der Waals surface area (Å²) in [4.78, 5) is 32.8. The Labute approximate surface area is 220 Å². The van der Waals surface area contributed by atoms with Crippen molar-refractivity contribution < 1.29 is 4.79 Å². The van der Waals surface area contributed by atoms with Crippen LogP contribution in [-0.2, 0) is 11.3 Å². The quantitative estimate of drug-likeness (QED) is 0.152. The van der Waals surface area contributed by atoms with E-state index in [0.717, 1.165) is 27.5 Å². The number of anilines is 1. The lowest BCUT2D eigenvalue weighted by molar-refractivity contribution is -0.113. The molecule has 10 heteroatoms. The molecule has 0 atom stereocenters. The number of hydrogen-bond acceptors (Lipinski definition) is 7. The third kappa shape index (κ3) is 4.55. The van der Waals surface area contributed by atoms with Crippen LogP contribution in [0.15, 0.2) is 75.8 Å². The van der Waals surface area contributed by atoms with E-state index in [9.17, 15) is 9.59 Å². The number of hydrogen-bond donors (Lipinski definition) is 1. The number of thioether (sulfide) groups is 1. The van der Waals surface area contributed by atoms with Gasteiger partial charge in [-0.25, -0.2) is 9.67 Å². The molecule has 0 fully saturated rings. The first kappa shape index (κ1) is 24.2. The Morgan fingerprint density at radius 2 is 1.97 bits per heavy atom. The van der Waals surface area contributed by atoms with Crippen molar-refractivity contribution in [1.82, 2.24) is 19.3 Å². The van der Waals surface area contributed by atoms with Crippen molar-refractivity contribution in [3.8, 4) is 16.1 Å². The highest BCUT2D eigenvalue weighted by Gasteiger charge is 2.19. The number of nitrogens with one attached hydrogen (secondary N) is 1. The number of amides is 1. The van der Waals surface area contributed by atoms with E-state index >= 15 is 0 Å². The average molecular weight is 534 g/mol. The lowest BCUT2D eigenvalue weighted by atomic mass is 10.2. The lowest BCUT2D eigenvalue weighted by Crippen LogP contribution is -2.23. The smallest absolute Gasteiger partial charge is 0.263 e. The fourth-order valence-electron chi connectivity index (χ4n) is 3.97. The van der Waals surface area contributed by atoms with Crippen molar-refractivity contribution in [1.29, 1.82) is 0 Å². The number of rotatable bonds is 8. The standard InChI is InChI=1S/C26H23N5O2S3/c1-4-12-30-25(33)22-19(20-11-8-13-34-20)14-35-24(22)28-26(30)36-15-21(32)27-23-16(2)29-31(17(23)3)18-9-6-5-7-10-18/h4-11,13-14H,1,12,15H2,2-3H3,(H,27,32). The average Bonchev–Trinajstić information content (AvgIpc) is 3.61. The van der Waals surface area contributed by atoms with Gasteiger partial charge in [0.15, 0.2) is 5.16 Å². The first-order valence-electron chi connectivity index (χ1n) is 11.2. The van der Waals surface area contributed by atoms with Crippen molar-refractivity contribution in [3.05, 3.63) is 87.6 Å². The molecule has 0 aliphatic carbocycles. The van der Waals surface area contributed by atoms with Gasteiger partial charge in [0.05, 0.1) is 33.9 Å². The van der Waals surface area contributed by atoms with Gasteiger partial charge in [-0.05, 0) is 37.4 Å². The van der Waals surface area contributed by atoms with E-state index < -0.39 is 0 Å². The highest BCUT2D eigenvalue weighted by Crippen LogP contribution is 2.34. The molecule has 182 valence electrons. The van der Waals surface area contributed by atoms with Gasteiger partial charge in [0, 0.05) is 22.4 Å². The van der Waals surface area contributed by atoms with E-state index in [0.29, 0.717) is 27.6 Å². The van der Waals surface area contributed by atoms with Crippen molar-refractivity contribution >= 4 is 56.2 Å². The van der Waals surface area contributed by atoms with Crippen molar-refractivity contribution in [2.45, 2.75) is 25.5 Å². The van der Waals surface area contributed by atoms with E-state index in [1.165, 1.54) is 23.1 Å². The summed E-state index contributed by atoms with van der Waals surface area (Å²) >= 11 is 4.27. The van der Waals surface area contributed by atoms with Gasteiger partial charge in [-0.1, -0.05) is 42.1 Å². The zero-order valence-electron chi connectivity index (χ0n) is 19.7. The Hall–Kier alpha value is -3.47. The van der Waals surface area contributed by atoms with Gasteiger partial charge >= 0.3 is 0 Å². The van der Waals surface area contributed by atoms with Crippen LogP contribution >= 0.6 is 34.4 Å². The number of fused-ring (bicyclic) bond motifs is 1. The number of carbonyl (C=O) groups is 1. The number of carbonyl (C=O) groups excluding carboxylic acids is 1. The number of benzene rings is 1. The first-order valence-corrected chi connectivity index (χ1v) is 13.9. The Balaban J connectivity index is 1.39. The van der Waals surface area contributed by atoms with E-state index in [4.69, 9.17) is 4.98 Å². The summed E-state index contributed by atoms with van der Waals surface area (Å²) in [5, 5.41) is 12.6. The summed E-state index contributed by atoms with van der Waals surface area (Å²) in [5.74, 6) is -0.0862. The first-order chi connectivity index (χ1) is 17.5. The van der Waals surface area contributed by atoms with E-state index in [1.807, 2.05) is 71.8 Å². The summed E-state index contributed by atoms with van der Waals surface area (Å²) in [6.07, 6.45) is 1.67. The normalized spacial score (nSPS) is 11.2. The van der Waals surface area contributed by atoms with Gasteiger partial charge < -0.3 is 5.32 Å². The SMILES string of the molecule is C=CCn1c(SCC(=O)Nc2c(C)nn(-c3ccccc3)c2C)nc2scc(-c3cccs3)c2c1=O. The number of para-hydroxylation sites is 1. The lowest BCUT2D eigenvalue weighted by Gasteiger charge is -2.11. The molecule has 36 heavy (non-hydrogen) atoms. The second-order valence-corrected chi connectivity index (χ2v) is 10.8. The molecule has 7 nitrogen and oxygen atoms in total. The molecule has 0 spiro atoms. The summed E-state index contributed by atoms with van der Waals surface area (Å²) in [7, 11) is 0. The molecule has 0 radical (unpaired) electrons. The minimum absolute atomic E-state index is 0.105. The minimum atomic E-state index is -0.191. The van der Waals surface area contributed by atoms with Crippen molar-refractivity contribution in [2.24, 2.45) is 0 Å². The maximum absolute atomic E-state index is 13.4. The molecule has 0 saturated carbocycles. The molecule has 1 N–H and O–H groups in total. The Bertz CT molecular complexity index is 1620. The summed E-state index contributed by atoms with van der Waals surface area (Å²) in [6, 6.07) is 13.8. The van der Waals surface area contributed by atoms with Crippen LogP contribution in [0.1, 0.15) is 11.4 Å². The molecule has 0 aliphatic rings. The molecule has 4 heterocycles. The third-order valence-electron chi connectivity index (χ3n) is 5.65. The van der Waals surface area contributed by atoms with Crippen LogP contribution in [0.4, 0.5) is 5.69 Å². The number of aryl methyl sites for hydroxylation is 1. The molecule has 4 aromatic heterocycles. The monoisotopic (exact) mass is 533 g/mol. The fraction of sp³-hybridized carbons (Fsp3) is 0.154. The van der Waals surface area contributed by atoms with Gasteiger partial charge in [-0.2, -0.15) is 5.10 Å². The van der Waals surface area contributed by atoms with Crippen molar-refractivity contribution in [3.63, 3.8) is 0 Å². The molecule has 0 unspecified atom stereocenters. The number of aromatic nitrogens is 4. The number of nitrogens with zero attached hydrogens (tertiary/aromatic N) is 4. The van der Waals surface area contributed by atoms with Gasteiger partial charge in [0.1, 0.15) is 4.83 Å². The highest BCUT2D eigenvalue weighted by molar-refractivity contribution is 7.99. The van der Waals surface area contributed by atoms with Crippen LogP contribution in [0.5, 0.6) is 0 Å². The summed E-state index contributed by atoms with van der Waals surface area (Å²) in [6.45, 7) is 7.90. The maximum Gasteiger partial charge on any atom is 0.263 e. The number of allylic oxidation sites excluding steroid dienone is 1. The summed E-state index contributed by atoms with van der Waals surface area (Å²) in [5.41, 5.74) is 3.98. The molecule has 5 rings (SSSR count). The van der Waals surface area contributed by atoms with Crippen LogP contribution in [0.2, 0.25) is 0 Å². The van der Waals surface area contributed by atoms with Crippen LogP contribution in [0.25, 0.3) is 26.3 Å². The third-order valence-corrected chi connectivity index (χ3v) is 8.40. The molecule has 1 amide bonds. The Kier molecular flexibility index (Phi) is 6.90. The largest absolute Gasteiger partial charge is 0.322 e. The molecular weight excluding hydrogens is 511 g/mol. The van der Waals surface area contributed by atoms with E-state index in [1.54, 1.807) is 22.0 Å². The Morgan fingerprint density at radius 1 is 1.17 bits per heavy atom. The minimum Gasteiger partial charge on any atom is -0.322 e. The van der Waals surface area contributed by atoms with Crippen LogP contribution in [0.3, 0.4) is 0 Å². The molecule has 1 aromatic carbocycles. The van der Waals surface area contributed by atoms with E-state index in [-0.39, 0.29) is 17.2 Å². The predicted molar refractivity (Wildman–Crippen MR) is 150 cm³/mol. The Morgan fingerprint density at radius 3 is 2.69 bits per heavy atom. The molecule has 0 aliphatic heterocycles. The van der Waals surface area contributed by atoms with Crippen LogP contribution in [-0.4, -0.2) is 31.0 Å². The molecule has 0 saturated heterocycles. The van der Waals surface area contributed by atoms with Gasteiger partial charge in [0.2, 0.25) is 5.91 Å².